The molecule has 1 heterocycles. The van der Waals surface area contributed by atoms with Gasteiger partial charge in [-0.25, -0.2) is 9.86 Å². The summed E-state index contributed by atoms with van der Waals surface area (Å²) < 4.78 is 5.80. The van der Waals surface area contributed by atoms with Crippen LogP contribution in [0.1, 0.15) is 30.4 Å². The van der Waals surface area contributed by atoms with Gasteiger partial charge in [-0.15, -0.1) is 0 Å². The predicted octanol–water partition coefficient (Wildman–Crippen LogP) is 3.14. The summed E-state index contributed by atoms with van der Waals surface area (Å²) in [5, 5.41) is 10.5. The number of hydroxylamine groups is 2. The molecule has 0 spiro atoms. The minimum Gasteiger partial charge on any atom is -0.494 e. The van der Waals surface area contributed by atoms with Crippen LogP contribution in [0.15, 0.2) is 54.6 Å². The number of carboxylic acids is 1. The Bertz CT molecular complexity index is 806. The molecule has 2 aromatic rings. The standard InChI is InChI=1S/C24H30N2O5/c27-19-26(31-18-21-7-2-1-3-8-21)23(24(28)29)17-20-9-11-22(12-10-20)30-16-6-15-25-13-4-5-14-25/h1-3,7-12,19,23H,4-6,13-18H2,(H,28,29). The molecule has 1 amide bonds. The van der Waals surface area contributed by atoms with Gasteiger partial charge < -0.3 is 14.7 Å². The third-order valence-electron chi connectivity index (χ3n) is 5.36. The van der Waals surface area contributed by atoms with Crippen LogP contribution in [0, 0.1) is 0 Å². The molecule has 1 atom stereocenters. The molecule has 7 heteroatoms. The van der Waals surface area contributed by atoms with Crippen molar-refractivity contribution in [3.63, 3.8) is 0 Å². The predicted molar refractivity (Wildman–Crippen MR) is 116 cm³/mol. The number of amides is 1. The lowest BCUT2D eigenvalue weighted by atomic mass is 10.1. The van der Waals surface area contributed by atoms with Gasteiger partial charge in [0.15, 0.2) is 6.04 Å². The number of carbonyl (C=O) groups excluding carboxylic acids is 1. The van der Waals surface area contributed by atoms with Gasteiger partial charge in [0, 0.05) is 13.0 Å². The normalized spacial score (nSPS) is 14.8. The molecule has 1 fully saturated rings. The average Bonchev–Trinajstić information content (AvgIpc) is 3.31. The van der Waals surface area contributed by atoms with E-state index in [0.29, 0.717) is 13.0 Å². The Morgan fingerprint density at radius 3 is 2.42 bits per heavy atom. The maximum absolute atomic E-state index is 11.8. The lowest BCUT2D eigenvalue weighted by Crippen LogP contribution is -2.41. The van der Waals surface area contributed by atoms with Crippen molar-refractivity contribution in [2.24, 2.45) is 0 Å². The number of hydrogen-bond acceptors (Lipinski definition) is 5. The van der Waals surface area contributed by atoms with Crippen molar-refractivity contribution in [1.29, 1.82) is 0 Å². The number of carbonyl (C=O) groups is 2. The van der Waals surface area contributed by atoms with Gasteiger partial charge in [-0.3, -0.25) is 9.63 Å². The van der Waals surface area contributed by atoms with Gasteiger partial charge in [0.2, 0.25) is 6.41 Å². The van der Waals surface area contributed by atoms with Gasteiger partial charge in [0.1, 0.15) is 12.4 Å². The first-order chi connectivity index (χ1) is 15.2. The Labute approximate surface area is 183 Å². The maximum Gasteiger partial charge on any atom is 0.329 e. The summed E-state index contributed by atoms with van der Waals surface area (Å²) in [5.41, 5.74) is 1.64. The van der Waals surface area contributed by atoms with Crippen LogP contribution in [-0.2, 0) is 27.5 Å². The lowest BCUT2D eigenvalue weighted by molar-refractivity contribution is -0.200. The molecular formula is C24H30N2O5. The second-order valence-corrected chi connectivity index (χ2v) is 7.68. The smallest absolute Gasteiger partial charge is 0.329 e. The molecule has 7 nitrogen and oxygen atoms in total. The minimum absolute atomic E-state index is 0.119. The summed E-state index contributed by atoms with van der Waals surface area (Å²) in [5.74, 6) is -0.369. The molecule has 1 N–H and O–H groups in total. The summed E-state index contributed by atoms with van der Waals surface area (Å²) in [6, 6.07) is 15.5. The molecule has 0 bridgehead atoms. The van der Waals surface area contributed by atoms with E-state index in [1.807, 2.05) is 54.6 Å². The molecule has 3 rings (SSSR count). The van der Waals surface area contributed by atoms with Gasteiger partial charge in [0.05, 0.1) is 6.61 Å². The number of rotatable bonds is 13. The molecular weight excluding hydrogens is 396 g/mol. The molecule has 1 unspecified atom stereocenters. The topological polar surface area (TPSA) is 79.3 Å². The molecule has 1 aliphatic rings. The molecule has 31 heavy (non-hydrogen) atoms. The molecule has 2 aromatic carbocycles. The number of hydrogen-bond donors (Lipinski definition) is 1. The largest absolute Gasteiger partial charge is 0.494 e. The van der Waals surface area contributed by atoms with Crippen LogP contribution in [0.5, 0.6) is 5.75 Å². The monoisotopic (exact) mass is 426 g/mol. The second-order valence-electron chi connectivity index (χ2n) is 7.68. The number of ether oxygens (including phenoxy) is 1. The first-order valence-corrected chi connectivity index (χ1v) is 10.7. The van der Waals surface area contributed by atoms with E-state index >= 15 is 0 Å². The van der Waals surface area contributed by atoms with Crippen LogP contribution in [0.3, 0.4) is 0 Å². The number of carboxylic acid groups (broad SMARTS) is 1. The summed E-state index contributed by atoms with van der Waals surface area (Å²) in [4.78, 5) is 31.1. The van der Waals surface area contributed by atoms with E-state index in [0.717, 1.165) is 34.9 Å². The highest BCUT2D eigenvalue weighted by atomic mass is 16.7. The van der Waals surface area contributed by atoms with E-state index in [1.165, 1.54) is 25.9 Å². The Hall–Kier alpha value is -2.90. The van der Waals surface area contributed by atoms with Crippen molar-refractivity contribution < 1.29 is 24.3 Å². The quantitative estimate of drug-likeness (QED) is 0.301. The molecule has 0 aliphatic carbocycles. The molecule has 1 saturated heterocycles. The van der Waals surface area contributed by atoms with Crippen molar-refractivity contribution in [2.75, 3.05) is 26.2 Å². The Kier molecular flexibility index (Phi) is 8.87. The third kappa shape index (κ3) is 7.38. The fraction of sp³-hybridized carbons (Fsp3) is 0.417. The van der Waals surface area contributed by atoms with Crippen molar-refractivity contribution in [1.82, 2.24) is 9.96 Å². The molecule has 0 radical (unpaired) electrons. The average molecular weight is 427 g/mol. The Balaban J connectivity index is 1.48. The zero-order chi connectivity index (χ0) is 21.9. The van der Waals surface area contributed by atoms with E-state index in [2.05, 4.69) is 4.90 Å². The highest BCUT2D eigenvalue weighted by Gasteiger charge is 2.26. The van der Waals surface area contributed by atoms with Crippen molar-refractivity contribution in [3.05, 3.63) is 65.7 Å². The summed E-state index contributed by atoms with van der Waals surface area (Å²) in [6.45, 7) is 4.20. The molecule has 1 aliphatic heterocycles. The van der Waals surface area contributed by atoms with E-state index < -0.39 is 12.0 Å². The number of aliphatic carboxylic acids is 1. The van der Waals surface area contributed by atoms with E-state index in [1.54, 1.807) is 0 Å². The Morgan fingerprint density at radius 2 is 1.77 bits per heavy atom. The summed E-state index contributed by atoms with van der Waals surface area (Å²) >= 11 is 0. The van der Waals surface area contributed by atoms with Gasteiger partial charge >= 0.3 is 5.97 Å². The fourth-order valence-electron chi connectivity index (χ4n) is 3.63. The van der Waals surface area contributed by atoms with Crippen molar-refractivity contribution >= 4 is 12.4 Å². The van der Waals surface area contributed by atoms with E-state index in [-0.39, 0.29) is 13.0 Å². The minimum atomic E-state index is -1.12. The maximum atomic E-state index is 11.8. The Morgan fingerprint density at radius 1 is 1.06 bits per heavy atom. The number of benzene rings is 2. The zero-order valence-electron chi connectivity index (χ0n) is 17.7. The van der Waals surface area contributed by atoms with Gasteiger partial charge in [-0.1, -0.05) is 42.5 Å². The first-order valence-electron chi connectivity index (χ1n) is 10.7. The zero-order valence-corrected chi connectivity index (χ0v) is 17.7. The third-order valence-corrected chi connectivity index (χ3v) is 5.36. The molecule has 0 saturated carbocycles. The van der Waals surface area contributed by atoms with Crippen LogP contribution in [-0.4, -0.2) is 59.7 Å². The van der Waals surface area contributed by atoms with Gasteiger partial charge in [0.25, 0.3) is 0 Å². The van der Waals surface area contributed by atoms with E-state index in [9.17, 15) is 14.7 Å². The summed E-state index contributed by atoms with van der Waals surface area (Å²) in [6.07, 6.45) is 4.12. The highest BCUT2D eigenvalue weighted by molar-refractivity contribution is 5.76. The van der Waals surface area contributed by atoms with E-state index in [4.69, 9.17) is 9.57 Å². The highest BCUT2D eigenvalue weighted by Crippen LogP contribution is 2.16. The van der Waals surface area contributed by atoms with Crippen LogP contribution >= 0.6 is 0 Å². The van der Waals surface area contributed by atoms with Crippen LogP contribution in [0.25, 0.3) is 0 Å². The van der Waals surface area contributed by atoms with Crippen molar-refractivity contribution in [3.8, 4) is 5.75 Å². The molecule has 0 aromatic heterocycles. The summed E-state index contributed by atoms with van der Waals surface area (Å²) in [7, 11) is 0. The number of nitrogens with zero attached hydrogens (tertiary/aromatic N) is 2. The second kappa shape index (κ2) is 12.1. The van der Waals surface area contributed by atoms with Crippen molar-refractivity contribution in [2.45, 2.75) is 38.3 Å². The van der Waals surface area contributed by atoms with Gasteiger partial charge in [-0.05, 0) is 55.6 Å². The fourth-order valence-corrected chi connectivity index (χ4v) is 3.63. The number of likely N-dealkylation sites (tertiary alicyclic amines) is 1. The van der Waals surface area contributed by atoms with Crippen LogP contribution in [0.2, 0.25) is 0 Å². The SMILES string of the molecule is O=CN(OCc1ccccc1)C(Cc1ccc(OCCCN2CCCC2)cc1)C(=O)O. The lowest BCUT2D eigenvalue weighted by Gasteiger charge is -2.24. The van der Waals surface area contributed by atoms with Gasteiger partial charge in [-0.2, -0.15) is 0 Å². The molecule has 166 valence electrons. The van der Waals surface area contributed by atoms with Crippen LogP contribution < -0.4 is 4.74 Å². The first kappa shape index (κ1) is 22.8. The van der Waals surface area contributed by atoms with Crippen LogP contribution in [0.4, 0.5) is 0 Å².